The predicted molar refractivity (Wildman–Crippen MR) is 89.0 cm³/mol. The Balaban J connectivity index is 2.47. The number of esters is 1. The number of carbonyl (C=O) groups is 1. The van der Waals surface area contributed by atoms with Gasteiger partial charge in [-0.05, 0) is 18.4 Å². The van der Waals surface area contributed by atoms with Gasteiger partial charge in [-0.25, -0.2) is 4.79 Å². The van der Waals surface area contributed by atoms with Crippen molar-refractivity contribution in [2.75, 3.05) is 14.2 Å². The Morgan fingerprint density at radius 2 is 2.00 bits per heavy atom. The molecule has 0 aromatic heterocycles. The van der Waals surface area contributed by atoms with E-state index in [9.17, 15) is 9.90 Å². The molecule has 4 heteroatoms. The van der Waals surface area contributed by atoms with Gasteiger partial charge in [-0.15, -0.1) is 6.58 Å². The molecule has 0 spiro atoms. The summed E-state index contributed by atoms with van der Waals surface area (Å²) in [5, 5.41) is 10.6. The summed E-state index contributed by atoms with van der Waals surface area (Å²) < 4.78 is 10.4. The topological polar surface area (TPSA) is 55.8 Å². The third kappa shape index (κ3) is 3.04. The maximum Gasteiger partial charge on any atom is 0.337 e. The number of methoxy groups -OCH3 is 2. The third-order valence-corrected chi connectivity index (χ3v) is 4.79. The van der Waals surface area contributed by atoms with Crippen LogP contribution in [0.15, 0.2) is 54.3 Å². The van der Waals surface area contributed by atoms with Crippen LogP contribution in [0.3, 0.4) is 0 Å². The molecule has 0 amide bonds. The first kappa shape index (κ1) is 17.3. The molecule has 0 fully saturated rings. The zero-order valence-electron chi connectivity index (χ0n) is 13.9. The number of ether oxygens (including phenoxy) is 2. The van der Waals surface area contributed by atoms with Crippen LogP contribution in [-0.4, -0.2) is 31.4 Å². The SMILES string of the molecule is C=CC[C@]1(C)C(C(=O)OC)=C(O)[C@H](OC)[C@H]1Cc1ccccc1. The second-order valence-corrected chi connectivity index (χ2v) is 6.11. The van der Waals surface area contributed by atoms with Crippen LogP contribution < -0.4 is 0 Å². The number of rotatable bonds is 6. The molecular formula is C19H24O4. The molecule has 0 radical (unpaired) electrons. The number of hydrogen-bond acceptors (Lipinski definition) is 4. The molecule has 1 aliphatic rings. The van der Waals surface area contributed by atoms with E-state index >= 15 is 0 Å². The maximum absolute atomic E-state index is 12.2. The molecule has 0 heterocycles. The summed E-state index contributed by atoms with van der Waals surface area (Å²) in [6, 6.07) is 9.99. The van der Waals surface area contributed by atoms with Crippen LogP contribution in [0.1, 0.15) is 18.9 Å². The lowest BCUT2D eigenvalue weighted by atomic mass is 9.70. The summed E-state index contributed by atoms with van der Waals surface area (Å²) in [5.41, 5.74) is 0.844. The van der Waals surface area contributed by atoms with Gasteiger partial charge in [0.25, 0.3) is 0 Å². The van der Waals surface area contributed by atoms with Crippen molar-refractivity contribution in [3.63, 3.8) is 0 Å². The lowest BCUT2D eigenvalue weighted by molar-refractivity contribution is -0.137. The molecule has 1 aromatic carbocycles. The monoisotopic (exact) mass is 316 g/mol. The van der Waals surface area contributed by atoms with E-state index in [1.54, 1.807) is 13.2 Å². The van der Waals surface area contributed by atoms with E-state index in [-0.39, 0.29) is 11.7 Å². The van der Waals surface area contributed by atoms with Crippen molar-refractivity contribution in [1.82, 2.24) is 0 Å². The first-order chi connectivity index (χ1) is 11.0. The first-order valence-electron chi connectivity index (χ1n) is 7.69. The Morgan fingerprint density at radius 1 is 1.35 bits per heavy atom. The average Bonchev–Trinajstić information content (AvgIpc) is 2.75. The van der Waals surface area contributed by atoms with Crippen LogP contribution in [0.2, 0.25) is 0 Å². The highest BCUT2D eigenvalue weighted by Crippen LogP contribution is 2.51. The minimum atomic E-state index is -0.588. The molecule has 1 N–H and O–H groups in total. The van der Waals surface area contributed by atoms with E-state index in [1.807, 2.05) is 37.3 Å². The fourth-order valence-corrected chi connectivity index (χ4v) is 3.61. The van der Waals surface area contributed by atoms with Gasteiger partial charge in [0.2, 0.25) is 0 Å². The lowest BCUT2D eigenvalue weighted by Crippen LogP contribution is -2.35. The largest absolute Gasteiger partial charge is 0.509 e. The molecule has 0 bridgehead atoms. The molecule has 0 saturated heterocycles. The van der Waals surface area contributed by atoms with Crippen molar-refractivity contribution in [2.45, 2.75) is 25.9 Å². The van der Waals surface area contributed by atoms with Crippen LogP contribution in [0, 0.1) is 11.3 Å². The minimum absolute atomic E-state index is 0.0235. The van der Waals surface area contributed by atoms with E-state index in [2.05, 4.69) is 6.58 Å². The van der Waals surface area contributed by atoms with Crippen LogP contribution in [0.4, 0.5) is 0 Å². The van der Waals surface area contributed by atoms with Crippen molar-refractivity contribution in [1.29, 1.82) is 0 Å². The third-order valence-electron chi connectivity index (χ3n) is 4.79. The fourth-order valence-electron chi connectivity index (χ4n) is 3.61. The van der Waals surface area contributed by atoms with Gasteiger partial charge in [0.1, 0.15) is 11.9 Å². The Labute approximate surface area is 137 Å². The second kappa shape index (κ2) is 7.01. The second-order valence-electron chi connectivity index (χ2n) is 6.11. The van der Waals surface area contributed by atoms with Gasteiger partial charge in [-0.1, -0.05) is 43.3 Å². The average molecular weight is 316 g/mol. The van der Waals surface area contributed by atoms with Crippen LogP contribution in [0.5, 0.6) is 0 Å². The Kier molecular flexibility index (Phi) is 5.26. The molecule has 3 atom stereocenters. The van der Waals surface area contributed by atoms with E-state index < -0.39 is 17.5 Å². The van der Waals surface area contributed by atoms with Gasteiger partial charge in [0.05, 0.1) is 12.7 Å². The highest BCUT2D eigenvalue weighted by Gasteiger charge is 2.53. The number of allylic oxidation sites excluding steroid dienone is 1. The van der Waals surface area contributed by atoms with Crippen molar-refractivity contribution < 1.29 is 19.4 Å². The van der Waals surface area contributed by atoms with Crippen LogP contribution in [-0.2, 0) is 20.7 Å². The molecule has 4 nitrogen and oxygen atoms in total. The van der Waals surface area contributed by atoms with Gasteiger partial charge in [0, 0.05) is 18.4 Å². The van der Waals surface area contributed by atoms with Gasteiger partial charge >= 0.3 is 5.97 Å². The first-order valence-corrected chi connectivity index (χ1v) is 7.69. The molecule has 0 unspecified atom stereocenters. The fraction of sp³-hybridized carbons (Fsp3) is 0.421. The Bertz CT molecular complexity index is 605. The maximum atomic E-state index is 12.2. The number of aliphatic hydroxyl groups is 1. The van der Waals surface area contributed by atoms with Gasteiger partial charge in [-0.2, -0.15) is 0 Å². The molecule has 1 aliphatic carbocycles. The Hall–Kier alpha value is -2.07. The predicted octanol–water partition coefficient (Wildman–Crippen LogP) is 3.44. The normalized spacial score (nSPS) is 27.1. The molecule has 23 heavy (non-hydrogen) atoms. The van der Waals surface area contributed by atoms with Crippen LogP contribution in [0.25, 0.3) is 0 Å². The van der Waals surface area contributed by atoms with Crippen LogP contribution >= 0.6 is 0 Å². The highest BCUT2D eigenvalue weighted by atomic mass is 16.5. The molecule has 1 aromatic rings. The standard InChI is InChI=1S/C19H24O4/c1-5-11-19(2)14(12-13-9-7-6-8-10-13)17(22-3)16(20)15(19)18(21)23-4/h5-10,14,17,20H,1,11-12H2,2-4H3/t14-,17-,19+/m1/s1. The van der Waals surface area contributed by atoms with Crippen molar-refractivity contribution in [3.8, 4) is 0 Å². The molecule has 0 aliphatic heterocycles. The molecule has 124 valence electrons. The van der Waals surface area contributed by atoms with Gasteiger partial charge < -0.3 is 14.6 Å². The summed E-state index contributed by atoms with van der Waals surface area (Å²) in [6.45, 7) is 5.77. The highest BCUT2D eigenvalue weighted by molar-refractivity contribution is 5.91. The zero-order chi connectivity index (χ0) is 17.0. The summed E-state index contributed by atoms with van der Waals surface area (Å²) in [7, 11) is 2.87. The lowest BCUT2D eigenvalue weighted by Gasteiger charge is -2.34. The summed E-state index contributed by atoms with van der Waals surface area (Å²) in [6.07, 6.45) is 2.48. The van der Waals surface area contributed by atoms with Crippen molar-refractivity contribution >= 4 is 5.97 Å². The van der Waals surface area contributed by atoms with Crippen molar-refractivity contribution in [3.05, 3.63) is 59.9 Å². The summed E-state index contributed by atoms with van der Waals surface area (Å²) in [4.78, 5) is 12.2. The van der Waals surface area contributed by atoms with E-state index in [1.165, 1.54) is 7.11 Å². The number of benzene rings is 1. The zero-order valence-corrected chi connectivity index (χ0v) is 13.9. The van der Waals surface area contributed by atoms with E-state index in [0.29, 0.717) is 18.4 Å². The van der Waals surface area contributed by atoms with Gasteiger partial charge in [0.15, 0.2) is 0 Å². The van der Waals surface area contributed by atoms with Crippen molar-refractivity contribution in [2.24, 2.45) is 11.3 Å². The summed E-state index contributed by atoms with van der Waals surface area (Å²) in [5.74, 6) is -0.615. The molecular weight excluding hydrogens is 292 g/mol. The minimum Gasteiger partial charge on any atom is -0.509 e. The number of aliphatic hydroxyl groups excluding tert-OH is 1. The smallest absolute Gasteiger partial charge is 0.337 e. The number of hydrogen-bond donors (Lipinski definition) is 1. The van der Waals surface area contributed by atoms with Gasteiger partial charge in [-0.3, -0.25) is 0 Å². The number of carbonyl (C=O) groups excluding carboxylic acids is 1. The molecule has 0 saturated carbocycles. The van der Waals surface area contributed by atoms with E-state index in [0.717, 1.165) is 5.56 Å². The Morgan fingerprint density at radius 3 is 2.52 bits per heavy atom. The summed E-state index contributed by atoms with van der Waals surface area (Å²) >= 11 is 0. The van der Waals surface area contributed by atoms with E-state index in [4.69, 9.17) is 9.47 Å². The quantitative estimate of drug-likeness (QED) is 0.645. The molecule has 2 rings (SSSR count).